The number of hydrogen-bond acceptors (Lipinski definition) is 4. The van der Waals surface area contributed by atoms with Crippen molar-refractivity contribution in [3.63, 3.8) is 0 Å². The third-order valence-corrected chi connectivity index (χ3v) is 3.74. The van der Waals surface area contributed by atoms with Crippen molar-refractivity contribution in [1.82, 2.24) is 15.1 Å². The van der Waals surface area contributed by atoms with Crippen LogP contribution in [0.3, 0.4) is 0 Å². The lowest BCUT2D eigenvalue weighted by Gasteiger charge is -2.36. The smallest absolute Gasteiger partial charge is 0.271 e. The topological polar surface area (TPSA) is 76.0 Å². The number of nitrogens with zero attached hydrogens (tertiary/aromatic N) is 4. The second-order valence-corrected chi connectivity index (χ2v) is 5.00. The van der Waals surface area contributed by atoms with E-state index < -0.39 is 5.82 Å². The van der Waals surface area contributed by atoms with Gasteiger partial charge in [0, 0.05) is 32.4 Å². The van der Waals surface area contributed by atoms with Gasteiger partial charge in [-0.3, -0.25) is 9.89 Å². The van der Waals surface area contributed by atoms with Gasteiger partial charge in [0.1, 0.15) is 23.1 Å². The maximum absolute atomic E-state index is 13.7. The molecule has 22 heavy (non-hydrogen) atoms. The van der Waals surface area contributed by atoms with E-state index in [2.05, 4.69) is 10.2 Å². The Hall–Kier alpha value is -2.88. The molecule has 0 saturated carbocycles. The van der Waals surface area contributed by atoms with Crippen LogP contribution < -0.4 is 4.90 Å². The van der Waals surface area contributed by atoms with Gasteiger partial charge in [0.2, 0.25) is 0 Å². The van der Waals surface area contributed by atoms with Gasteiger partial charge >= 0.3 is 0 Å². The number of H-pyrrole nitrogens is 1. The summed E-state index contributed by atoms with van der Waals surface area (Å²) in [4.78, 5) is 15.9. The molecule has 1 fully saturated rings. The molecule has 0 aliphatic carbocycles. The molecule has 2 heterocycles. The molecule has 0 atom stereocenters. The molecular formula is C15H14FN5O. The van der Waals surface area contributed by atoms with Gasteiger partial charge < -0.3 is 9.80 Å². The maximum atomic E-state index is 13.7. The highest BCUT2D eigenvalue weighted by molar-refractivity contribution is 5.92. The Bertz CT molecular complexity index is 714. The first-order valence-corrected chi connectivity index (χ1v) is 6.93. The van der Waals surface area contributed by atoms with Crippen LogP contribution in [0.2, 0.25) is 0 Å². The number of aromatic amines is 1. The van der Waals surface area contributed by atoms with Gasteiger partial charge in [-0.05, 0) is 18.2 Å². The number of rotatable bonds is 2. The van der Waals surface area contributed by atoms with Crippen molar-refractivity contribution in [2.24, 2.45) is 0 Å². The summed E-state index contributed by atoms with van der Waals surface area (Å²) in [6.45, 7) is 2.13. The van der Waals surface area contributed by atoms with E-state index in [9.17, 15) is 9.18 Å². The Labute approximate surface area is 126 Å². The van der Waals surface area contributed by atoms with E-state index in [1.807, 2.05) is 11.0 Å². The summed E-state index contributed by atoms with van der Waals surface area (Å²) in [5.41, 5.74) is 1.09. The van der Waals surface area contributed by atoms with Gasteiger partial charge in [-0.25, -0.2) is 4.39 Å². The molecule has 7 heteroatoms. The Balaban J connectivity index is 1.71. The van der Waals surface area contributed by atoms with Crippen LogP contribution in [0.1, 0.15) is 16.1 Å². The molecule has 1 aliphatic heterocycles. The zero-order chi connectivity index (χ0) is 15.5. The predicted molar refractivity (Wildman–Crippen MR) is 77.8 cm³/mol. The number of nitrogens with one attached hydrogen (secondary N) is 1. The zero-order valence-electron chi connectivity index (χ0n) is 11.8. The molecule has 1 aromatic heterocycles. The zero-order valence-corrected chi connectivity index (χ0v) is 11.8. The number of halogens is 1. The van der Waals surface area contributed by atoms with Gasteiger partial charge in [-0.1, -0.05) is 6.07 Å². The van der Waals surface area contributed by atoms with Crippen LogP contribution in [0.4, 0.5) is 10.1 Å². The summed E-state index contributed by atoms with van der Waals surface area (Å²) in [5, 5.41) is 15.5. The summed E-state index contributed by atoms with van der Waals surface area (Å²) in [6, 6.07) is 8.14. The number of aromatic nitrogens is 2. The third-order valence-electron chi connectivity index (χ3n) is 3.74. The van der Waals surface area contributed by atoms with Crippen molar-refractivity contribution < 1.29 is 9.18 Å². The van der Waals surface area contributed by atoms with Gasteiger partial charge in [0.25, 0.3) is 5.91 Å². The molecule has 6 nitrogen and oxygen atoms in total. The molecule has 0 spiro atoms. The van der Waals surface area contributed by atoms with Crippen molar-refractivity contribution in [1.29, 1.82) is 5.26 Å². The van der Waals surface area contributed by atoms with Crippen LogP contribution in [0.15, 0.2) is 30.5 Å². The molecule has 0 bridgehead atoms. The van der Waals surface area contributed by atoms with E-state index >= 15 is 0 Å². The highest BCUT2D eigenvalue weighted by atomic mass is 19.1. The average molecular weight is 299 g/mol. The standard InChI is InChI=1S/C15H14FN5O/c16-12-2-1-3-14(11(12)10-17)20-6-8-21(9-7-20)15(22)13-4-5-18-19-13/h1-5H,6-9H2,(H,18,19). The summed E-state index contributed by atoms with van der Waals surface area (Å²) in [7, 11) is 0. The van der Waals surface area contributed by atoms with Crippen LogP contribution in [-0.4, -0.2) is 47.2 Å². The van der Waals surface area contributed by atoms with Crippen molar-refractivity contribution in [3.05, 3.63) is 47.5 Å². The van der Waals surface area contributed by atoms with Gasteiger partial charge in [0.05, 0.1) is 5.69 Å². The fourth-order valence-corrected chi connectivity index (χ4v) is 2.58. The van der Waals surface area contributed by atoms with Crippen molar-refractivity contribution in [2.75, 3.05) is 31.1 Å². The molecule has 1 aliphatic rings. The molecule has 1 N–H and O–H groups in total. The second-order valence-electron chi connectivity index (χ2n) is 5.00. The van der Waals surface area contributed by atoms with Gasteiger partial charge in [-0.2, -0.15) is 10.4 Å². The fourth-order valence-electron chi connectivity index (χ4n) is 2.58. The van der Waals surface area contributed by atoms with Crippen molar-refractivity contribution >= 4 is 11.6 Å². The van der Waals surface area contributed by atoms with E-state index in [4.69, 9.17) is 5.26 Å². The van der Waals surface area contributed by atoms with E-state index in [-0.39, 0.29) is 11.5 Å². The Morgan fingerprint density at radius 3 is 2.68 bits per heavy atom. The Morgan fingerprint density at radius 2 is 2.05 bits per heavy atom. The predicted octanol–water partition coefficient (Wildman–Crippen LogP) is 1.38. The summed E-state index contributed by atoms with van der Waals surface area (Å²) >= 11 is 0. The molecule has 112 valence electrons. The van der Waals surface area contributed by atoms with Gasteiger partial charge in [0.15, 0.2) is 0 Å². The molecule has 3 rings (SSSR count). The SMILES string of the molecule is N#Cc1c(F)cccc1N1CCN(C(=O)c2ccn[nH]2)CC1. The van der Waals surface area contributed by atoms with Crippen molar-refractivity contribution in [3.8, 4) is 6.07 Å². The summed E-state index contributed by atoms with van der Waals surface area (Å²) in [6.07, 6.45) is 1.54. The number of hydrogen-bond donors (Lipinski definition) is 1. The lowest BCUT2D eigenvalue weighted by Crippen LogP contribution is -2.49. The largest absolute Gasteiger partial charge is 0.367 e. The highest BCUT2D eigenvalue weighted by Crippen LogP contribution is 2.23. The minimum atomic E-state index is -0.518. The first kappa shape index (κ1) is 14.1. The Kier molecular flexibility index (Phi) is 3.74. The van der Waals surface area contributed by atoms with Crippen LogP contribution in [-0.2, 0) is 0 Å². The quantitative estimate of drug-likeness (QED) is 0.909. The molecule has 0 radical (unpaired) electrons. The number of piperazine rings is 1. The number of carbonyl (C=O) groups excluding carboxylic acids is 1. The number of carbonyl (C=O) groups is 1. The minimum absolute atomic E-state index is 0.0517. The normalized spacial score (nSPS) is 14.7. The summed E-state index contributed by atoms with van der Waals surface area (Å²) in [5.74, 6) is -0.618. The van der Waals surface area contributed by atoms with Crippen LogP contribution in [0.25, 0.3) is 0 Å². The molecule has 1 saturated heterocycles. The number of benzene rings is 1. The van der Waals surface area contributed by atoms with E-state index in [1.165, 1.54) is 12.3 Å². The number of anilines is 1. The lowest BCUT2D eigenvalue weighted by atomic mass is 10.1. The van der Waals surface area contributed by atoms with E-state index in [0.29, 0.717) is 37.6 Å². The molecule has 2 aromatic rings. The van der Waals surface area contributed by atoms with Crippen LogP contribution >= 0.6 is 0 Å². The minimum Gasteiger partial charge on any atom is -0.367 e. The third kappa shape index (κ3) is 2.51. The highest BCUT2D eigenvalue weighted by Gasteiger charge is 2.24. The van der Waals surface area contributed by atoms with E-state index in [0.717, 1.165) is 0 Å². The van der Waals surface area contributed by atoms with Crippen molar-refractivity contribution in [2.45, 2.75) is 0 Å². The summed E-state index contributed by atoms with van der Waals surface area (Å²) < 4.78 is 13.7. The van der Waals surface area contributed by atoms with E-state index in [1.54, 1.807) is 23.1 Å². The molecule has 1 amide bonds. The first-order valence-electron chi connectivity index (χ1n) is 6.93. The first-order chi connectivity index (χ1) is 10.7. The fraction of sp³-hybridized carbons (Fsp3) is 0.267. The second kappa shape index (κ2) is 5.85. The van der Waals surface area contributed by atoms with Crippen LogP contribution in [0.5, 0.6) is 0 Å². The lowest BCUT2D eigenvalue weighted by molar-refractivity contribution is 0.0741. The number of amides is 1. The monoisotopic (exact) mass is 299 g/mol. The Morgan fingerprint density at radius 1 is 1.27 bits per heavy atom. The molecule has 1 aromatic carbocycles. The van der Waals surface area contributed by atoms with Crippen LogP contribution in [0, 0.1) is 17.1 Å². The average Bonchev–Trinajstić information content (AvgIpc) is 3.08. The molecule has 0 unspecified atom stereocenters. The maximum Gasteiger partial charge on any atom is 0.271 e. The number of nitriles is 1. The molecular weight excluding hydrogens is 285 g/mol. The van der Waals surface area contributed by atoms with Gasteiger partial charge in [-0.15, -0.1) is 0 Å².